The second-order valence-corrected chi connectivity index (χ2v) is 9.48. The van der Waals surface area contributed by atoms with Crippen LogP contribution >= 0.6 is 22.7 Å². The Bertz CT molecular complexity index is 1480. The lowest BCUT2D eigenvalue weighted by molar-refractivity contribution is -0.118. The van der Waals surface area contributed by atoms with Crippen molar-refractivity contribution < 1.29 is 9.59 Å². The Hall–Kier alpha value is -3.82. The number of nitrogens with zero attached hydrogens (tertiary/aromatic N) is 4. The number of aromatic nitrogens is 1. The summed E-state index contributed by atoms with van der Waals surface area (Å²) in [5.41, 5.74) is 4.24. The number of nitrogens with one attached hydrogen (secondary N) is 1. The molecule has 2 aromatic carbocycles. The molecule has 9 heteroatoms. The van der Waals surface area contributed by atoms with Crippen LogP contribution in [0.25, 0.3) is 10.6 Å². The number of rotatable bonds is 5. The van der Waals surface area contributed by atoms with Gasteiger partial charge in [0.25, 0.3) is 5.91 Å². The molecule has 0 fully saturated rings. The average Bonchev–Trinajstić information content (AvgIpc) is 3.55. The van der Waals surface area contributed by atoms with Gasteiger partial charge in [0.2, 0.25) is 10.7 Å². The first-order chi connectivity index (χ1) is 16.5. The first-order valence-electron chi connectivity index (χ1n) is 10.6. The van der Waals surface area contributed by atoms with Gasteiger partial charge in [-0.1, -0.05) is 36.4 Å². The van der Waals surface area contributed by atoms with Gasteiger partial charge in [0.15, 0.2) is 5.71 Å². The van der Waals surface area contributed by atoms with Crippen molar-refractivity contribution in [2.24, 2.45) is 10.1 Å². The van der Waals surface area contributed by atoms with Gasteiger partial charge in [-0.3, -0.25) is 19.5 Å². The highest BCUT2D eigenvalue weighted by atomic mass is 32.1. The summed E-state index contributed by atoms with van der Waals surface area (Å²) in [6.07, 6.45) is 0. The van der Waals surface area contributed by atoms with Crippen molar-refractivity contribution in [2.45, 2.75) is 6.92 Å². The molecule has 1 aliphatic heterocycles. The van der Waals surface area contributed by atoms with E-state index in [2.05, 4.69) is 10.3 Å². The lowest BCUT2D eigenvalue weighted by atomic mass is 10.1. The Morgan fingerprint density at radius 3 is 2.68 bits per heavy atom. The minimum Gasteiger partial charge on any atom is -0.325 e. The van der Waals surface area contributed by atoms with E-state index in [9.17, 15) is 9.59 Å². The summed E-state index contributed by atoms with van der Waals surface area (Å²) in [6, 6.07) is 18.9. The van der Waals surface area contributed by atoms with Crippen molar-refractivity contribution in [2.75, 3.05) is 23.8 Å². The van der Waals surface area contributed by atoms with E-state index in [1.165, 1.54) is 16.2 Å². The van der Waals surface area contributed by atoms with Crippen molar-refractivity contribution >= 4 is 51.6 Å². The standard InChI is InChI=1S/C25H21N5O2S2/c1-16-7-5-8-17(13-16)27-22(31)14-29-19-10-4-3-9-18(19)23(24(29)32)28-30-20(15-34-25(30)26-2)21-11-6-12-33-21/h3-13,15H,14H2,1-2H3,(H,27,31)/b26-25?,28-23+. The molecule has 34 heavy (non-hydrogen) atoms. The number of amides is 2. The third kappa shape index (κ3) is 4.11. The molecule has 170 valence electrons. The molecular weight excluding hydrogens is 466 g/mol. The van der Waals surface area contributed by atoms with E-state index in [-0.39, 0.29) is 24.1 Å². The van der Waals surface area contributed by atoms with Gasteiger partial charge < -0.3 is 5.32 Å². The molecule has 0 saturated carbocycles. The van der Waals surface area contributed by atoms with Gasteiger partial charge in [-0.25, -0.2) is 4.68 Å². The second kappa shape index (κ2) is 9.20. The molecule has 7 nitrogen and oxygen atoms in total. The quantitative estimate of drug-likeness (QED) is 0.454. The zero-order chi connectivity index (χ0) is 23.7. The summed E-state index contributed by atoms with van der Waals surface area (Å²) in [7, 11) is 1.70. The van der Waals surface area contributed by atoms with Crippen LogP contribution in [-0.2, 0) is 9.59 Å². The van der Waals surface area contributed by atoms with E-state index in [4.69, 9.17) is 5.10 Å². The number of thiophene rings is 1. The number of benzene rings is 2. The van der Waals surface area contributed by atoms with Crippen LogP contribution in [0.5, 0.6) is 0 Å². The molecule has 0 atom stereocenters. The smallest absolute Gasteiger partial charge is 0.279 e. The third-order valence-corrected chi connectivity index (χ3v) is 7.15. The van der Waals surface area contributed by atoms with Gasteiger partial charge in [-0.15, -0.1) is 22.7 Å². The summed E-state index contributed by atoms with van der Waals surface area (Å²) in [5.74, 6) is -0.597. The van der Waals surface area contributed by atoms with Crippen LogP contribution in [0.2, 0.25) is 0 Å². The van der Waals surface area contributed by atoms with Crippen LogP contribution < -0.4 is 15.0 Å². The third-order valence-electron chi connectivity index (χ3n) is 5.35. The Kier molecular flexibility index (Phi) is 5.95. The molecular formula is C25H21N5O2S2. The molecule has 5 rings (SSSR count). The van der Waals surface area contributed by atoms with E-state index in [1.54, 1.807) is 23.1 Å². The lowest BCUT2D eigenvalue weighted by Crippen LogP contribution is -2.37. The Balaban J connectivity index is 1.50. The minimum absolute atomic E-state index is 0.111. The van der Waals surface area contributed by atoms with Crippen molar-refractivity contribution in [3.63, 3.8) is 0 Å². The fourth-order valence-electron chi connectivity index (χ4n) is 3.82. The highest BCUT2D eigenvalue weighted by molar-refractivity contribution is 7.14. The number of carbonyl (C=O) groups excluding carboxylic acids is 2. The topological polar surface area (TPSA) is 79.1 Å². The van der Waals surface area contributed by atoms with E-state index < -0.39 is 0 Å². The van der Waals surface area contributed by atoms with Gasteiger partial charge in [-0.2, -0.15) is 5.10 Å². The molecule has 0 unspecified atom stereocenters. The van der Waals surface area contributed by atoms with Crippen molar-refractivity contribution in [1.29, 1.82) is 0 Å². The first kappa shape index (κ1) is 22.0. The highest BCUT2D eigenvalue weighted by Crippen LogP contribution is 2.30. The molecule has 3 heterocycles. The molecule has 4 aromatic rings. The average molecular weight is 488 g/mol. The van der Waals surface area contributed by atoms with Crippen molar-refractivity contribution in [3.05, 3.63) is 87.4 Å². The maximum Gasteiger partial charge on any atom is 0.279 e. The Labute approximate surface area is 204 Å². The minimum atomic E-state index is -0.321. The molecule has 0 radical (unpaired) electrons. The summed E-state index contributed by atoms with van der Waals surface area (Å²) < 4.78 is 1.71. The van der Waals surface area contributed by atoms with E-state index in [0.29, 0.717) is 21.7 Å². The summed E-state index contributed by atoms with van der Waals surface area (Å²) in [4.78, 5) is 33.8. The number of aryl methyl sites for hydroxylation is 1. The van der Waals surface area contributed by atoms with Gasteiger partial charge in [0, 0.05) is 23.7 Å². The number of thiazole rings is 1. The van der Waals surface area contributed by atoms with Crippen LogP contribution in [0.15, 0.2) is 81.5 Å². The Morgan fingerprint density at radius 1 is 1.06 bits per heavy atom. The second-order valence-electron chi connectivity index (χ2n) is 7.69. The number of anilines is 2. The summed E-state index contributed by atoms with van der Waals surface area (Å²) in [6.45, 7) is 1.85. The Morgan fingerprint density at radius 2 is 1.91 bits per heavy atom. The van der Waals surface area contributed by atoms with E-state index in [1.807, 2.05) is 78.3 Å². The van der Waals surface area contributed by atoms with Crippen molar-refractivity contribution in [3.8, 4) is 10.6 Å². The normalized spacial score (nSPS) is 14.6. The zero-order valence-corrected chi connectivity index (χ0v) is 20.2. The molecule has 0 aliphatic carbocycles. The fourth-order valence-corrected chi connectivity index (χ4v) is 5.41. The largest absolute Gasteiger partial charge is 0.325 e. The number of hydrogen-bond donors (Lipinski definition) is 1. The van der Waals surface area contributed by atoms with E-state index in [0.717, 1.165) is 16.1 Å². The highest BCUT2D eigenvalue weighted by Gasteiger charge is 2.35. The maximum absolute atomic E-state index is 13.5. The van der Waals surface area contributed by atoms with Crippen LogP contribution in [0.4, 0.5) is 11.4 Å². The van der Waals surface area contributed by atoms with Crippen LogP contribution in [0.1, 0.15) is 11.1 Å². The zero-order valence-electron chi connectivity index (χ0n) is 18.6. The molecule has 1 aliphatic rings. The SMILES string of the molecule is CN=c1scc(-c2cccs2)n1/N=C1/C(=O)N(CC(=O)Nc2cccc(C)c2)c2ccccc21. The molecule has 2 aromatic heterocycles. The predicted octanol–water partition coefficient (Wildman–Crippen LogP) is 4.35. The molecule has 2 amide bonds. The summed E-state index contributed by atoms with van der Waals surface area (Å²) >= 11 is 3.06. The number of hydrogen-bond acceptors (Lipinski definition) is 6. The molecule has 0 spiro atoms. The van der Waals surface area contributed by atoms with Crippen LogP contribution in [0.3, 0.4) is 0 Å². The monoisotopic (exact) mass is 487 g/mol. The maximum atomic E-state index is 13.5. The van der Waals surface area contributed by atoms with Gasteiger partial charge in [0.1, 0.15) is 6.54 Å². The van der Waals surface area contributed by atoms with Gasteiger partial charge in [-0.05, 0) is 42.1 Å². The first-order valence-corrected chi connectivity index (χ1v) is 12.3. The molecule has 0 bridgehead atoms. The van der Waals surface area contributed by atoms with Crippen LogP contribution in [0, 0.1) is 6.92 Å². The predicted molar refractivity (Wildman–Crippen MR) is 138 cm³/mol. The van der Waals surface area contributed by atoms with Gasteiger partial charge in [0.05, 0.1) is 16.3 Å². The van der Waals surface area contributed by atoms with E-state index >= 15 is 0 Å². The fraction of sp³-hybridized carbons (Fsp3) is 0.120. The summed E-state index contributed by atoms with van der Waals surface area (Å²) in [5, 5.41) is 11.6. The van der Waals surface area contributed by atoms with Gasteiger partial charge >= 0.3 is 0 Å². The lowest BCUT2D eigenvalue weighted by Gasteiger charge is -2.16. The molecule has 0 saturated heterocycles. The number of carbonyl (C=O) groups is 2. The van der Waals surface area contributed by atoms with Crippen LogP contribution in [-0.4, -0.2) is 35.8 Å². The number of fused-ring (bicyclic) bond motifs is 1. The number of para-hydroxylation sites is 1. The van der Waals surface area contributed by atoms with Crippen molar-refractivity contribution in [1.82, 2.24) is 4.68 Å². The molecule has 1 N–H and O–H groups in total.